The molecule has 5 nitrogen and oxygen atoms in total. The van der Waals surface area contributed by atoms with Gasteiger partial charge in [-0.05, 0) is 57.2 Å². The zero-order valence-corrected chi connectivity index (χ0v) is 15.5. The lowest BCUT2D eigenvalue weighted by Crippen LogP contribution is -2.44. The van der Waals surface area contributed by atoms with Gasteiger partial charge in [0, 0.05) is 42.4 Å². The van der Waals surface area contributed by atoms with Crippen LogP contribution in [0, 0.1) is 13.8 Å². The van der Waals surface area contributed by atoms with Crippen LogP contribution in [0.4, 0.5) is 0 Å². The molecule has 136 valence electrons. The summed E-state index contributed by atoms with van der Waals surface area (Å²) < 4.78 is 2.09. The van der Waals surface area contributed by atoms with Crippen LogP contribution in [-0.2, 0) is 6.54 Å². The number of amides is 1. The fourth-order valence-corrected chi connectivity index (χ4v) is 4.08. The summed E-state index contributed by atoms with van der Waals surface area (Å²) in [5.41, 5.74) is 4.07. The zero-order valence-electron chi connectivity index (χ0n) is 15.5. The van der Waals surface area contributed by atoms with E-state index in [4.69, 9.17) is 0 Å². The predicted octanol–water partition coefficient (Wildman–Crippen LogP) is 4.07. The molecule has 0 saturated carbocycles. The number of rotatable bonds is 4. The van der Waals surface area contributed by atoms with Crippen LogP contribution in [0.15, 0.2) is 36.9 Å². The van der Waals surface area contributed by atoms with E-state index < -0.39 is 0 Å². The number of nitrogens with zero attached hydrogens (tertiary/aromatic N) is 3. The maximum absolute atomic E-state index is 13.3. The maximum Gasteiger partial charge on any atom is 0.270 e. The number of carbonyl (C=O) groups excluding carboxylic acids is 1. The van der Waals surface area contributed by atoms with E-state index in [-0.39, 0.29) is 5.91 Å². The quantitative estimate of drug-likeness (QED) is 0.771. The van der Waals surface area contributed by atoms with Crippen molar-refractivity contribution < 1.29 is 4.79 Å². The molecule has 1 aromatic carbocycles. The third-order valence-electron chi connectivity index (χ3n) is 5.60. The second-order valence-corrected chi connectivity index (χ2v) is 7.41. The fraction of sp³-hybridized carbons (Fsp3) is 0.429. The number of imidazole rings is 1. The topological polar surface area (TPSA) is 53.9 Å². The van der Waals surface area contributed by atoms with Crippen LogP contribution >= 0.6 is 0 Å². The van der Waals surface area contributed by atoms with Crippen molar-refractivity contribution in [3.63, 3.8) is 0 Å². The minimum absolute atomic E-state index is 0.145. The molecule has 3 heterocycles. The predicted molar refractivity (Wildman–Crippen MR) is 103 cm³/mol. The number of nitrogens with one attached hydrogen (secondary N) is 1. The lowest BCUT2D eigenvalue weighted by atomic mass is 9.98. The Morgan fingerprint density at radius 2 is 2.19 bits per heavy atom. The van der Waals surface area contributed by atoms with Crippen LogP contribution < -0.4 is 0 Å². The van der Waals surface area contributed by atoms with Gasteiger partial charge in [0.25, 0.3) is 5.91 Å². The van der Waals surface area contributed by atoms with Crippen molar-refractivity contribution >= 4 is 16.8 Å². The molecule has 0 bridgehead atoms. The van der Waals surface area contributed by atoms with Crippen LogP contribution in [0.1, 0.15) is 47.3 Å². The number of aromatic nitrogens is 3. The Morgan fingerprint density at radius 3 is 3.00 bits per heavy atom. The number of piperidine rings is 1. The van der Waals surface area contributed by atoms with Crippen LogP contribution in [0.25, 0.3) is 10.9 Å². The Balaban J connectivity index is 1.57. The van der Waals surface area contributed by atoms with E-state index in [2.05, 4.69) is 51.5 Å². The molecule has 1 N–H and O–H groups in total. The summed E-state index contributed by atoms with van der Waals surface area (Å²) in [6.45, 7) is 5.89. The molecule has 0 aliphatic carbocycles. The van der Waals surface area contributed by atoms with Gasteiger partial charge >= 0.3 is 0 Å². The van der Waals surface area contributed by atoms with Crippen LogP contribution in [-0.4, -0.2) is 37.9 Å². The number of fused-ring (bicyclic) bond motifs is 1. The van der Waals surface area contributed by atoms with Crippen LogP contribution in [0.5, 0.6) is 0 Å². The van der Waals surface area contributed by atoms with E-state index in [9.17, 15) is 4.79 Å². The van der Waals surface area contributed by atoms with Gasteiger partial charge in [0.1, 0.15) is 5.69 Å². The molecule has 1 amide bonds. The van der Waals surface area contributed by atoms with E-state index in [0.29, 0.717) is 6.04 Å². The van der Waals surface area contributed by atoms with Crippen molar-refractivity contribution in [2.45, 2.75) is 52.1 Å². The zero-order chi connectivity index (χ0) is 18.1. The van der Waals surface area contributed by atoms with Gasteiger partial charge in [-0.25, -0.2) is 4.98 Å². The van der Waals surface area contributed by atoms with Crippen molar-refractivity contribution in [1.29, 1.82) is 0 Å². The first-order chi connectivity index (χ1) is 12.6. The number of likely N-dealkylation sites (tertiary alicyclic amines) is 1. The molecule has 1 aliphatic heterocycles. The van der Waals surface area contributed by atoms with E-state index in [1.807, 2.05) is 12.5 Å². The van der Waals surface area contributed by atoms with Gasteiger partial charge in [-0.1, -0.05) is 11.6 Å². The average Bonchev–Trinajstić information content (AvgIpc) is 3.28. The highest BCUT2D eigenvalue weighted by Gasteiger charge is 2.29. The first kappa shape index (κ1) is 16.9. The SMILES string of the molecule is Cc1ccc2[nH]c(C(=O)N3CCCC[C@H]3CCn3ccnc3)c(C)c2c1. The third-order valence-corrected chi connectivity index (χ3v) is 5.60. The molecule has 1 aliphatic rings. The van der Waals surface area contributed by atoms with Crippen molar-refractivity contribution in [3.05, 3.63) is 53.7 Å². The minimum atomic E-state index is 0.145. The smallest absolute Gasteiger partial charge is 0.270 e. The third kappa shape index (κ3) is 3.14. The van der Waals surface area contributed by atoms with E-state index in [1.165, 1.54) is 12.0 Å². The molecule has 26 heavy (non-hydrogen) atoms. The lowest BCUT2D eigenvalue weighted by molar-refractivity contribution is 0.0589. The summed E-state index contributed by atoms with van der Waals surface area (Å²) in [6, 6.07) is 6.61. The monoisotopic (exact) mass is 350 g/mol. The summed E-state index contributed by atoms with van der Waals surface area (Å²) >= 11 is 0. The van der Waals surface area contributed by atoms with Gasteiger partial charge in [0.15, 0.2) is 0 Å². The van der Waals surface area contributed by atoms with Crippen LogP contribution in [0.3, 0.4) is 0 Å². The Labute approximate surface area is 154 Å². The lowest BCUT2D eigenvalue weighted by Gasteiger charge is -2.36. The van der Waals surface area contributed by atoms with Crippen LogP contribution in [0.2, 0.25) is 0 Å². The molecule has 0 unspecified atom stereocenters. The van der Waals surface area contributed by atoms with E-state index in [0.717, 1.165) is 54.5 Å². The van der Waals surface area contributed by atoms with Crippen molar-refractivity contribution in [2.75, 3.05) is 6.54 Å². The van der Waals surface area contributed by atoms with Gasteiger partial charge in [-0.2, -0.15) is 0 Å². The number of H-pyrrole nitrogens is 1. The van der Waals surface area contributed by atoms with Crippen molar-refractivity contribution in [1.82, 2.24) is 19.4 Å². The van der Waals surface area contributed by atoms with Gasteiger partial charge in [0.05, 0.1) is 6.33 Å². The molecule has 1 fully saturated rings. The molecular weight excluding hydrogens is 324 g/mol. The summed E-state index contributed by atoms with van der Waals surface area (Å²) in [5.74, 6) is 0.145. The highest BCUT2D eigenvalue weighted by atomic mass is 16.2. The second kappa shape index (κ2) is 6.98. The number of hydrogen-bond acceptors (Lipinski definition) is 2. The highest BCUT2D eigenvalue weighted by molar-refractivity contribution is 6.01. The second-order valence-electron chi connectivity index (χ2n) is 7.41. The fourth-order valence-electron chi connectivity index (χ4n) is 4.08. The van der Waals surface area contributed by atoms with Gasteiger partial charge in [-0.15, -0.1) is 0 Å². The maximum atomic E-state index is 13.3. The standard InChI is InChI=1S/C21H26N4O/c1-15-6-7-19-18(13-15)16(2)20(23-19)21(26)25-10-4-3-5-17(25)8-11-24-12-9-22-14-24/h6-7,9,12-14,17,23H,3-5,8,10-11H2,1-2H3/t17-/m0/s1. The average molecular weight is 350 g/mol. The van der Waals surface area contributed by atoms with Gasteiger partial charge in [0.2, 0.25) is 0 Å². The number of aryl methyl sites for hydroxylation is 3. The number of carbonyl (C=O) groups is 1. The Bertz CT molecular complexity index is 910. The summed E-state index contributed by atoms with van der Waals surface area (Å²) in [5, 5.41) is 1.15. The molecule has 5 heteroatoms. The number of aromatic amines is 1. The van der Waals surface area contributed by atoms with Gasteiger partial charge in [-0.3, -0.25) is 4.79 Å². The summed E-state index contributed by atoms with van der Waals surface area (Å²) in [6.07, 6.45) is 9.98. The molecule has 0 spiro atoms. The molecule has 4 rings (SSSR count). The number of hydrogen-bond donors (Lipinski definition) is 1. The van der Waals surface area contributed by atoms with Crippen molar-refractivity contribution in [2.24, 2.45) is 0 Å². The van der Waals surface area contributed by atoms with Gasteiger partial charge < -0.3 is 14.5 Å². The molecule has 1 saturated heterocycles. The molecule has 2 aromatic heterocycles. The minimum Gasteiger partial charge on any atom is -0.350 e. The highest BCUT2D eigenvalue weighted by Crippen LogP contribution is 2.27. The number of benzene rings is 1. The summed E-state index contributed by atoms with van der Waals surface area (Å²) in [4.78, 5) is 22.9. The van der Waals surface area contributed by atoms with Crippen molar-refractivity contribution in [3.8, 4) is 0 Å². The molecule has 1 atom stereocenters. The molecule has 0 radical (unpaired) electrons. The first-order valence-electron chi connectivity index (χ1n) is 9.49. The Kier molecular flexibility index (Phi) is 4.53. The van der Waals surface area contributed by atoms with E-state index in [1.54, 1.807) is 6.20 Å². The molecule has 3 aromatic rings. The Hall–Kier alpha value is -2.56. The van der Waals surface area contributed by atoms with E-state index >= 15 is 0 Å². The molecular formula is C21H26N4O. The Morgan fingerprint density at radius 1 is 1.31 bits per heavy atom. The first-order valence-corrected chi connectivity index (χ1v) is 9.49. The summed E-state index contributed by atoms with van der Waals surface area (Å²) in [7, 11) is 0. The largest absolute Gasteiger partial charge is 0.350 e. The normalized spacial score (nSPS) is 17.8.